The molecule has 0 aromatic carbocycles. The molecule has 2 bridgehead atoms. The van der Waals surface area contributed by atoms with Gasteiger partial charge in [-0.3, -0.25) is 19.1 Å². The number of hydrogen-bond donors (Lipinski definition) is 3. The van der Waals surface area contributed by atoms with Gasteiger partial charge in [0, 0.05) is 25.2 Å². The molecule has 170 valence electrons. The van der Waals surface area contributed by atoms with Gasteiger partial charge in [0.2, 0.25) is 0 Å². The van der Waals surface area contributed by atoms with Crippen LogP contribution in [0.1, 0.15) is 38.5 Å². The zero-order valence-electron chi connectivity index (χ0n) is 16.7. The molecule has 12 nitrogen and oxygen atoms in total. The maximum Gasteiger partial charge on any atom is 0.418 e. The molecule has 4 heterocycles. The monoisotopic (exact) mass is 447 g/mol. The van der Waals surface area contributed by atoms with Gasteiger partial charge in [-0.1, -0.05) is 6.42 Å². The molecule has 0 radical (unpaired) electrons. The molecule has 30 heavy (non-hydrogen) atoms. The van der Waals surface area contributed by atoms with Crippen LogP contribution in [0.3, 0.4) is 0 Å². The van der Waals surface area contributed by atoms with E-state index < -0.39 is 34.4 Å². The molecule has 3 N–H and O–H groups in total. The van der Waals surface area contributed by atoms with Gasteiger partial charge in [0.15, 0.2) is 0 Å². The third-order valence-electron chi connectivity index (χ3n) is 6.36. The van der Waals surface area contributed by atoms with Crippen molar-refractivity contribution in [1.82, 2.24) is 25.7 Å². The first-order valence-corrected chi connectivity index (χ1v) is 11.8. The number of urea groups is 1. The van der Waals surface area contributed by atoms with Gasteiger partial charge in [0.1, 0.15) is 6.04 Å². The van der Waals surface area contributed by atoms with Gasteiger partial charge < -0.3 is 10.2 Å². The molecule has 0 unspecified atom stereocenters. The number of carbonyl (C=O) groups excluding carboxylic acids is 2. The molecular weight excluding hydrogens is 418 g/mol. The Morgan fingerprint density at radius 3 is 2.70 bits per heavy atom. The fourth-order valence-corrected chi connectivity index (χ4v) is 5.26. The molecule has 4 saturated heterocycles. The highest BCUT2D eigenvalue weighted by molar-refractivity contribution is 7.80. The number of nitrogens with zero attached hydrogens (tertiary/aromatic N) is 3. The lowest BCUT2D eigenvalue weighted by Crippen LogP contribution is -2.50. The second-order valence-electron chi connectivity index (χ2n) is 8.38. The van der Waals surface area contributed by atoms with Gasteiger partial charge in [-0.25, -0.2) is 10.3 Å². The van der Waals surface area contributed by atoms with Crippen molar-refractivity contribution in [2.24, 2.45) is 0 Å². The van der Waals surface area contributed by atoms with E-state index in [-0.39, 0.29) is 12.6 Å². The quantitative estimate of drug-likeness (QED) is 0.340. The van der Waals surface area contributed by atoms with Crippen LogP contribution < -0.4 is 10.8 Å². The number of piperidine rings is 2. The van der Waals surface area contributed by atoms with Gasteiger partial charge in [-0.2, -0.15) is 13.5 Å². The number of rotatable bonds is 7. The van der Waals surface area contributed by atoms with E-state index in [9.17, 15) is 18.0 Å². The van der Waals surface area contributed by atoms with Gasteiger partial charge in [0.25, 0.3) is 5.91 Å². The van der Waals surface area contributed by atoms with Crippen LogP contribution >= 0.6 is 0 Å². The Morgan fingerprint density at radius 1 is 1.20 bits per heavy atom. The van der Waals surface area contributed by atoms with Crippen molar-refractivity contribution < 1.29 is 31.7 Å². The smallest absolute Gasteiger partial charge is 0.310 e. The first kappa shape index (κ1) is 21.7. The lowest BCUT2D eigenvalue weighted by molar-refractivity contribution is -0.139. The predicted octanol–water partition coefficient (Wildman–Crippen LogP) is -0.746. The number of amides is 3. The number of likely N-dealkylation sites (tertiary alicyclic amines) is 1. The maximum absolute atomic E-state index is 12.5. The maximum atomic E-state index is 12.5. The molecule has 0 aromatic heterocycles. The minimum atomic E-state index is -4.81. The van der Waals surface area contributed by atoms with Crippen LogP contribution in [0.4, 0.5) is 4.79 Å². The van der Waals surface area contributed by atoms with Gasteiger partial charge in [-0.05, 0) is 45.2 Å². The molecule has 4 aliphatic heterocycles. The van der Waals surface area contributed by atoms with Crippen molar-refractivity contribution in [3.05, 3.63) is 0 Å². The molecule has 4 aliphatic rings. The Balaban J connectivity index is 1.22. The fourth-order valence-electron chi connectivity index (χ4n) is 4.87. The molecule has 0 aliphatic carbocycles. The summed E-state index contributed by atoms with van der Waals surface area (Å²) in [4.78, 5) is 34.1. The van der Waals surface area contributed by atoms with E-state index in [4.69, 9.17) is 9.39 Å². The minimum absolute atomic E-state index is 0.147. The van der Waals surface area contributed by atoms with E-state index in [1.165, 1.54) is 24.2 Å². The normalized spacial score (nSPS) is 32.6. The first-order valence-electron chi connectivity index (χ1n) is 10.5. The zero-order valence-corrected chi connectivity index (χ0v) is 17.6. The average Bonchev–Trinajstić information content (AvgIpc) is 3.27. The molecule has 13 heteroatoms. The lowest BCUT2D eigenvalue weighted by Gasteiger charge is -2.31. The van der Waals surface area contributed by atoms with Crippen LogP contribution in [-0.4, -0.2) is 96.7 Å². The zero-order chi connectivity index (χ0) is 21.3. The third-order valence-corrected chi connectivity index (χ3v) is 6.71. The summed E-state index contributed by atoms with van der Waals surface area (Å²) in [5, 5.41) is 4.05. The Kier molecular flexibility index (Phi) is 6.46. The number of hydrogen-bond acceptors (Lipinski definition) is 8. The van der Waals surface area contributed by atoms with Crippen LogP contribution in [0.15, 0.2) is 0 Å². The largest absolute Gasteiger partial charge is 0.418 e. The first-order chi connectivity index (χ1) is 14.3. The highest BCUT2D eigenvalue weighted by atomic mass is 32.3. The summed E-state index contributed by atoms with van der Waals surface area (Å²) in [5.74, 6) is -0.457. The molecule has 4 rings (SSSR count). The van der Waals surface area contributed by atoms with Crippen molar-refractivity contribution in [2.75, 3.05) is 32.8 Å². The van der Waals surface area contributed by atoms with Crippen molar-refractivity contribution in [3.63, 3.8) is 0 Å². The van der Waals surface area contributed by atoms with Crippen LogP contribution in [0, 0.1) is 0 Å². The van der Waals surface area contributed by atoms with Crippen LogP contribution in [0.5, 0.6) is 0 Å². The van der Waals surface area contributed by atoms with Gasteiger partial charge in [0.05, 0.1) is 12.6 Å². The second-order valence-corrected chi connectivity index (χ2v) is 9.38. The topological polar surface area (TPSA) is 141 Å². The minimum Gasteiger partial charge on any atom is -0.310 e. The Bertz CT molecular complexity index is 760. The van der Waals surface area contributed by atoms with Crippen molar-refractivity contribution in [2.45, 2.75) is 62.7 Å². The molecule has 0 spiro atoms. The summed E-state index contributed by atoms with van der Waals surface area (Å²) < 4.78 is 35.1. The lowest BCUT2D eigenvalue weighted by atomic mass is 10.0. The third kappa shape index (κ3) is 4.86. The average molecular weight is 448 g/mol. The Morgan fingerprint density at radius 2 is 1.97 bits per heavy atom. The van der Waals surface area contributed by atoms with Crippen LogP contribution in [0.25, 0.3) is 0 Å². The van der Waals surface area contributed by atoms with E-state index in [0.29, 0.717) is 30.6 Å². The molecule has 0 saturated carbocycles. The van der Waals surface area contributed by atoms with Gasteiger partial charge >= 0.3 is 16.4 Å². The van der Waals surface area contributed by atoms with Gasteiger partial charge in [-0.15, -0.1) is 4.28 Å². The van der Waals surface area contributed by atoms with Crippen molar-refractivity contribution in [1.29, 1.82) is 0 Å². The standard InChI is InChI=1S/C17H29N5O7S/c23-16(15-5-4-13-10-21(15)17(24)22(13)29-30(25,26)27)19-28-11-12-8-14(9-18-12)20-6-2-1-3-7-20/h12-15,18H,1-11H2,(H,19,23)(H,25,26,27)/t12-,13+,14+,15-/m0/s1. The number of carbonyl (C=O) groups is 2. The fraction of sp³-hybridized carbons (Fsp3) is 0.882. The molecule has 4 fully saturated rings. The summed E-state index contributed by atoms with van der Waals surface area (Å²) in [6, 6.07) is -1.42. The van der Waals surface area contributed by atoms with E-state index >= 15 is 0 Å². The van der Waals surface area contributed by atoms with Crippen LogP contribution in [0.2, 0.25) is 0 Å². The summed E-state index contributed by atoms with van der Waals surface area (Å²) in [6.45, 7) is 3.67. The predicted molar refractivity (Wildman–Crippen MR) is 103 cm³/mol. The van der Waals surface area contributed by atoms with Crippen molar-refractivity contribution in [3.8, 4) is 0 Å². The summed E-state index contributed by atoms with van der Waals surface area (Å²) in [7, 11) is -4.81. The molecule has 0 aromatic rings. The summed E-state index contributed by atoms with van der Waals surface area (Å²) >= 11 is 0. The SMILES string of the molecule is O=C(NOC[C@@H]1C[C@@H](N2CCCCC2)CN1)[C@@H]1CC[C@@H]2CN1C(=O)N2OS(=O)(=O)O. The summed E-state index contributed by atoms with van der Waals surface area (Å²) in [5.41, 5.74) is 2.43. The van der Waals surface area contributed by atoms with E-state index in [0.717, 1.165) is 26.1 Å². The van der Waals surface area contributed by atoms with Crippen molar-refractivity contribution >= 4 is 22.3 Å². The number of fused-ring (bicyclic) bond motifs is 2. The second kappa shape index (κ2) is 8.93. The highest BCUT2D eigenvalue weighted by Crippen LogP contribution is 2.30. The molecule has 3 amide bonds. The number of hydroxylamine groups is 3. The van der Waals surface area contributed by atoms with E-state index in [2.05, 4.69) is 20.0 Å². The highest BCUT2D eigenvalue weighted by Gasteiger charge is 2.49. The summed E-state index contributed by atoms with van der Waals surface area (Å²) in [6.07, 6.45) is 5.48. The van der Waals surface area contributed by atoms with E-state index in [1.807, 2.05) is 0 Å². The van der Waals surface area contributed by atoms with E-state index in [1.54, 1.807) is 0 Å². The molecule has 4 atom stereocenters. The Hall–Kier alpha value is -1.51. The Labute approximate surface area is 175 Å². The van der Waals surface area contributed by atoms with Crippen LogP contribution in [-0.2, 0) is 24.3 Å². The number of nitrogens with one attached hydrogen (secondary N) is 2. The molecular formula is C17H29N5O7S.